The summed E-state index contributed by atoms with van der Waals surface area (Å²) in [6.45, 7) is 8.93. The lowest BCUT2D eigenvalue weighted by Gasteiger charge is -2.26. The van der Waals surface area contributed by atoms with E-state index in [1.54, 1.807) is 13.3 Å². The quantitative estimate of drug-likeness (QED) is 0.635. The second-order valence-electron chi connectivity index (χ2n) is 7.45. The Morgan fingerprint density at radius 1 is 1.14 bits per heavy atom. The molecule has 5 heteroatoms. The minimum atomic E-state index is 0.223. The van der Waals surface area contributed by atoms with Crippen LogP contribution in [0.2, 0.25) is 0 Å². The summed E-state index contributed by atoms with van der Waals surface area (Å²) in [5.74, 6) is 1.15. The first-order valence-corrected chi connectivity index (χ1v) is 10.6. The number of methoxy groups -OCH3 is 1. The average Bonchev–Trinajstić information content (AvgIpc) is 3.28. The molecule has 29 heavy (non-hydrogen) atoms. The third kappa shape index (κ3) is 5.30. The zero-order valence-corrected chi connectivity index (χ0v) is 17.8. The monoisotopic (exact) mass is 395 g/mol. The first kappa shape index (κ1) is 21.2. The van der Waals surface area contributed by atoms with Gasteiger partial charge in [0.05, 0.1) is 19.7 Å². The number of hydrogen-bond acceptors (Lipinski definition) is 5. The van der Waals surface area contributed by atoms with Gasteiger partial charge in [0.1, 0.15) is 11.5 Å². The molecular weight excluding hydrogens is 362 g/mol. The van der Waals surface area contributed by atoms with E-state index in [0.29, 0.717) is 6.54 Å². The fourth-order valence-corrected chi connectivity index (χ4v) is 4.01. The van der Waals surface area contributed by atoms with Crippen LogP contribution in [-0.2, 0) is 0 Å². The van der Waals surface area contributed by atoms with Crippen molar-refractivity contribution in [2.45, 2.75) is 32.7 Å². The maximum absolute atomic E-state index is 10.4. The molecular formula is C24H33N3O2. The first-order chi connectivity index (χ1) is 14.2. The van der Waals surface area contributed by atoms with Gasteiger partial charge in [0.15, 0.2) is 0 Å². The first-order valence-electron chi connectivity index (χ1n) is 10.6. The van der Waals surface area contributed by atoms with Gasteiger partial charge in [0, 0.05) is 36.6 Å². The molecule has 1 saturated heterocycles. The molecule has 1 aliphatic heterocycles. The number of aromatic hydroxyl groups is 1. The van der Waals surface area contributed by atoms with E-state index in [-0.39, 0.29) is 11.8 Å². The Kier molecular flexibility index (Phi) is 7.53. The summed E-state index contributed by atoms with van der Waals surface area (Å²) in [7, 11) is 1.70. The topological polar surface area (TPSA) is 48.3 Å². The van der Waals surface area contributed by atoms with Crippen molar-refractivity contribution in [3.05, 3.63) is 53.6 Å². The molecule has 0 amide bonds. The Morgan fingerprint density at radius 2 is 1.90 bits per heavy atom. The molecule has 1 fully saturated rings. The Bertz CT molecular complexity index is 812. The highest BCUT2D eigenvalue weighted by Crippen LogP contribution is 2.28. The largest absolute Gasteiger partial charge is 0.507 e. The molecule has 5 nitrogen and oxygen atoms in total. The van der Waals surface area contributed by atoms with Crippen LogP contribution in [0.1, 0.15) is 43.9 Å². The van der Waals surface area contributed by atoms with E-state index < -0.39 is 0 Å². The lowest BCUT2D eigenvalue weighted by Crippen LogP contribution is -2.27. The van der Waals surface area contributed by atoms with E-state index in [2.05, 4.69) is 35.8 Å². The van der Waals surface area contributed by atoms with Crippen molar-refractivity contribution in [3.63, 3.8) is 0 Å². The second-order valence-corrected chi connectivity index (χ2v) is 7.45. The van der Waals surface area contributed by atoms with Gasteiger partial charge in [-0.05, 0) is 69.6 Å². The predicted octanol–water partition coefficient (Wildman–Crippen LogP) is 4.50. The summed E-state index contributed by atoms with van der Waals surface area (Å²) >= 11 is 0. The third-order valence-electron chi connectivity index (χ3n) is 5.71. The number of benzene rings is 2. The number of phenols is 1. The lowest BCUT2D eigenvalue weighted by molar-refractivity contribution is 0.251. The van der Waals surface area contributed by atoms with Crippen LogP contribution >= 0.6 is 0 Å². The van der Waals surface area contributed by atoms with Crippen LogP contribution in [0.4, 0.5) is 5.69 Å². The molecule has 0 radical (unpaired) electrons. The Labute approximate surface area is 174 Å². The molecule has 3 rings (SSSR count). The molecule has 1 heterocycles. The van der Waals surface area contributed by atoms with Crippen molar-refractivity contribution in [2.75, 3.05) is 44.7 Å². The van der Waals surface area contributed by atoms with Crippen LogP contribution in [0.5, 0.6) is 11.5 Å². The van der Waals surface area contributed by atoms with E-state index in [1.165, 1.54) is 18.4 Å². The molecule has 2 aromatic rings. The van der Waals surface area contributed by atoms with Crippen LogP contribution in [0.3, 0.4) is 0 Å². The van der Waals surface area contributed by atoms with Crippen LogP contribution in [0.15, 0.2) is 47.5 Å². The number of phenolic OH excluding ortho intramolecular Hbond substituents is 1. The summed E-state index contributed by atoms with van der Waals surface area (Å²) < 4.78 is 5.41. The molecule has 1 atom stereocenters. The smallest absolute Gasteiger partial charge is 0.126 e. The maximum atomic E-state index is 10.4. The number of aliphatic imine (C=N–C) groups is 1. The number of likely N-dealkylation sites (tertiary alicyclic amines) is 1. The van der Waals surface area contributed by atoms with Crippen molar-refractivity contribution in [1.82, 2.24) is 4.90 Å². The highest BCUT2D eigenvalue weighted by molar-refractivity contribution is 5.84. The van der Waals surface area contributed by atoms with Gasteiger partial charge in [0.25, 0.3) is 0 Å². The van der Waals surface area contributed by atoms with Gasteiger partial charge >= 0.3 is 0 Å². The molecule has 0 unspecified atom stereocenters. The van der Waals surface area contributed by atoms with Crippen molar-refractivity contribution in [3.8, 4) is 11.5 Å². The fraction of sp³-hybridized carbons (Fsp3) is 0.458. The standard InChI is InChI=1S/C24H33N3O2/c1-4-26(5-2)21-12-11-20(24(28)16-21)17-25-18-23(27-13-6-7-14-27)19-9-8-10-22(15-19)29-3/h8-12,15-17,23,28H,4-7,13-14,18H2,1-3H3/t23-/m0/s1. The fourth-order valence-electron chi connectivity index (χ4n) is 4.01. The second kappa shape index (κ2) is 10.3. The van der Waals surface area contributed by atoms with Gasteiger partial charge < -0.3 is 14.7 Å². The van der Waals surface area contributed by atoms with E-state index in [4.69, 9.17) is 9.73 Å². The van der Waals surface area contributed by atoms with Gasteiger partial charge in [-0.15, -0.1) is 0 Å². The van der Waals surface area contributed by atoms with Crippen molar-refractivity contribution >= 4 is 11.9 Å². The molecule has 0 aromatic heterocycles. The average molecular weight is 396 g/mol. The maximum Gasteiger partial charge on any atom is 0.126 e. The predicted molar refractivity (Wildman–Crippen MR) is 121 cm³/mol. The van der Waals surface area contributed by atoms with E-state index >= 15 is 0 Å². The summed E-state index contributed by atoms with van der Waals surface area (Å²) in [6.07, 6.45) is 4.26. The molecule has 0 aliphatic carbocycles. The van der Waals surface area contributed by atoms with E-state index in [0.717, 1.165) is 43.2 Å². The van der Waals surface area contributed by atoms with Gasteiger partial charge in [-0.1, -0.05) is 12.1 Å². The molecule has 0 spiro atoms. The lowest BCUT2D eigenvalue weighted by atomic mass is 10.1. The van der Waals surface area contributed by atoms with Crippen LogP contribution in [0, 0.1) is 0 Å². The molecule has 2 aromatic carbocycles. The Morgan fingerprint density at radius 3 is 2.55 bits per heavy atom. The highest BCUT2D eigenvalue weighted by atomic mass is 16.5. The number of hydrogen-bond donors (Lipinski definition) is 1. The minimum absolute atomic E-state index is 0.223. The summed E-state index contributed by atoms with van der Waals surface area (Å²) in [5.41, 5.74) is 3.02. The van der Waals surface area contributed by atoms with Crippen molar-refractivity contribution in [2.24, 2.45) is 4.99 Å². The molecule has 0 bridgehead atoms. The number of anilines is 1. The molecule has 0 saturated carbocycles. The number of ether oxygens (including phenoxy) is 1. The molecule has 1 N–H and O–H groups in total. The highest BCUT2D eigenvalue weighted by Gasteiger charge is 2.23. The van der Waals surface area contributed by atoms with Crippen molar-refractivity contribution in [1.29, 1.82) is 0 Å². The van der Waals surface area contributed by atoms with Crippen molar-refractivity contribution < 1.29 is 9.84 Å². The zero-order valence-electron chi connectivity index (χ0n) is 17.8. The SMILES string of the molecule is CCN(CC)c1ccc(C=NC[C@@H](c2cccc(OC)c2)N2CCCC2)c(O)c1. The van der Waals surface area contributed by atoms with Crippen LogP contribution in [-0.4, -0.2) is 56.1 Å². The molecule has 156 valence electrons. The minimum Gasteiger partial charge on any atom is -0.507 e. The summed E-state index contributed by atoms with van der Waals surface area (Å²) in [6, 6.07) is 14.3. The molecule has 1 aliphatic rings. The van der Waals surface area contributed by atoms with Gasteiger partial charge in [-0.25, -0.2) is 0 Å². The van der Waals surface area contributed by atoms with Crippen LogP contribution < -0.4 is 9.64 Å². The van der Waals surface area contributed by atoms with Crippen LogP contribution in [0.25, 0.3) is 0 Å². The van der Waals surface area contributed by atoms with E-state index in [1.807, 2.05) is 30.3 Å². The third-order valence-corrected chi connectivity index (χ3v) is 5.71. The summed E-state index contributed by atoms with van der Waals surface area (Å²) in [5, 5.41) is 10.4. The van der Waals surface area contributed by atoms with E-state index in [9.17, 15) is 5.11 Å². The zero-order chi connectivity index (χ0) is 20.6. The summed E-state index contributed by atoms with van der Waals surface area (Å²) in [4.78, 5) is 9.42. The van der Waals surface area contributed by atoms with Gasteiger partial charge in [-0.2, -0.15) is 0 Å². The van der Waals surface area contributed by atoms with Gasteiger partial charge in [-0.3, -0.25) is 9.89 Å². The number of rotatable bonds is 9. The number of nitrogens with zero attached hydrogens (tertiary/aromatic N) is 3. The Hall–Kier alpha value is -2.53. The Balaban J connectivity index is 1.76. The van der Waals surface area contributed by atoms with Gasteiger partial charge in [0.2, 0.25) is 0 Å². The normalized spacial score (nSPS) is 15.7.